The Morgan fingerprint density at radius 1 is 1.21 bits per heavy atom. The maximum absolute atomic E-state index is 11.6. The van der Waals surface area contributed by atoms with E-state index in [0.29, 0.717) is 18.4 Å². The Hall–Kier alpha value is -0.770. The molecular weight excluding hydrogens is 240 g/mol. The van der Waals surface area contributed by atoms with E-state index in [2.05, 4.69) is 17.6 Å². The number of carbonyl (C=O) groups excluding carboxylic acids is 1. The molecular formula is C15H30N2O2. The van der Waals surface area contributed by atoms with E-state index in [0.717, 1.165) is 18.9 Å². The van der Waals surface area contributed by atoms with Crippen molar-refractivity contribution in [2.24, 2.45) is 17.8 Å². The van der Waals surface area contributed by atoms with Gasteiger partial charge in [-0.1, -0.05) is 33.1 Å². The second-order valence-corrected chi connectivity index (χ2v) is 6.00. The molecule has 1 saturated carbocycles. The Balaban J connectivity index is 2.07. The highest BCUT2D eigenvalue weighted by Crippen LogP contribution is 2.29. The highest BCUT2D eigenvalue weighted by atomic mass is 16.3. The van der Waals surface area contributed by atoms with Crippen molar-refractivity contribution in [3.8, 4) is 0 Å². The summed E-state index contributed by atoms with van der Waals surface area (Å²) in [4.78, 5) is 11.6. The van der Waals surface area contributed by atoms with Gasteiger partial charge >= 0.3 is 6.03 Å². The summed E-state index contributed by atoms with van der Waals surface area (Å²) in [5, 5.41) is 14.6. The number of hydrogen-bond donors (Lipinski definition) is 3. The van der Waals surface area contributed by atoms with Crippen LogP contribution in [0.15, 0.2) is 0 Å². The molecule has 2 amide bonds. The molecule has 1 unspecified atom stereocenters. The van der Waals surface area contributed by atoms with Crippen LogP contribution in [0.4, 0.5) is 4.79 Å². The van der Waals surface area contributed by atoms with Crippen LogP contribution in [0.2, 0.25) is 0 Å². The molecule has 0 bridgehead atoms. The number of aliphatic hydroxyl groups is 1. The minimum Gasteiger partial charge on any atom is -0.396 e. The fourth-order valence-corrected chi connectivity index (χ4v) is 2.73. The zero-order chi connectivity index (χ0) is 14.1. The van der Waals surface area contributed by atoms with Crippen LogP contribution < -0.4 is 10.6 Å². The summed E-state index contributed by atoms with van der Waals surface area (Å²) in [6, 6.07) is -0.0672. The highest BCUT2D eigenvalue weighted by molar-refractivity contribution is 5.73. The maximum atomic E-state index is 11.6. The van der Waals surface area contributed by atoms with Gasteiger partial charge in [0.05, 0.1) is 0 Å². The van der Waals surface area contributed by atoms with E-state index in [4.69, 9.17) is 5.11 Å². The first-order valence-electron chi connectivity index (χ1n) is 7.78. The van der Waals surface area contributed by atoms with Gasteiger partial charge in [-0.15, -0.1) is 0 Å². The fourth-order valence-electron chi connectivity index (χ4n) is 2.73. The topological polar surface area (TPSA) is 61.4 Å². The first-order chi connectivity index (χ1) is 9.15. The lowest BCUT2D eigenvalue weighted by Crippen LogP contribution is -2.40. The number of rotatable bonds is 7. The molecule has 1 rings (SSSR count). The van der Waals surface area contributed by atoms with E-state index >= 15 is 0 Å². The molecule has 0 aromatic heterocycles. The summed E-state index contributed by atoms with van der Waals surface area (Å²) in [6.45, 7) is 5.92. The zero-order valence-electron chi connectivity index (χ0n) is 12.5. The first kappa shape index (κ1) is 16.3. The van der Waals surface area contributed by atoms with Crippen LogP contribution in [0.5, 0.6) is 0 Å². The molecule has 0 aromatic carbocycles. The molecule has 1 aliphatic carbocycles. The molecule has 0 heterocycles. The zero-order valence-corrected chi connectivity index (χ0v) is 12.5. The van der Waals surface area contributed by atoms with Crippen molar-refractivity contribution in [3.63, 3.8) is 0 Å². The summed E-state index contributed by atoms with van der Waals surface area (Å²) in [5.74, 6) is 1.89. The highest BCUT2D eigenvalue weighted by Gasteiger charge is 2.20. The molecule has 4 nitrogen and oxygen atoms in total. The third-order valence-corrected chi connectivity index (χ3v) is 4.33. The van der Waals surface area contributed by atoms with Crippen molar-refractivity contribution in [1.29, 1.82) is 0 Å². The molecule has 3 N–H and O–H groups in total. The lowest BCUT2D eigenvalue weighted by atomic mass is 9.81. The van der Waals surface area contributed by atoms with Crippen LogP contribution >= 0.6 is 0 Å². The number of aliphatic hydroxyl groups excluding tert-OH is 1. The number of carbonyl (C=O) groups is 1. The fraction of sp³-hybridized carbons (Fsp3) is 0.933. The quantitative estimate of drug-likeness (QED) is 0.665. The minimum absolute atomic E-state index is 0.0672. The smallest absolute Gasteiger partial charge is 0.314 e. The van der Waals surface area contributed by atoms with Crippen LogP contribution in [-0.2, 0) is 0 Å². The van der Waals surface area contributed by atoms with Gasteiger partial charge in [0.25, 0.3) is 0 Å². The van der Waals surface area contributed by atoms with E-state index in [1.165, 1.54) is 32.1 Å². The number of nitrogens with one attached hydrogen (secondary N) is 2. The molecule has 112 valence electrons. The molecule has 1 aliphatic rings. The molecule has 4 heteroatoms. The molecule has 19 heavy (non-hydrogen) atoms. The molecule has 0 aliphatic heterocycles. The third-order valence-electron chi connectivity index (χ3n) is 4.33. The molecule has 1 atom stereocenters. The van der Waals surface area contributed by atoms with Gasteiger partial charge in [-0.2, -0.15) is 0 Å². The number of hydrogen-bond acceptors (Lipinski definition) is 2. The van der Waals surface area contributed by atoms with Crippen LogP contribution in [-0.4, -0.2) is 30.8 Å². The van der Waals surface area contributed by atoms with Crippen molar-refractivity contribution in [2.75, 3.05) is 19.7 Å². The second kappa shape index (κ2) is 9.18. The lowest BCUT2D eigenvalue weighted by molar-refractivity contribution is 0.225. The van der Waals surface area contributed by atoms with Crippen molar-refractivity contribution in [2.45, 2.75) is 52.4 Å². The molecule has 0 saturated heterocycles. The average Bonchev–Trinajstić information content (AvgIpc) is 2.44. The van der Waals surface area contributed by atoms with E-state index in [1.54, 1.807) is 0 Å². The van der Waals surface area contributed by atoms with Crippen LogP contribution in [0.1, 0.15) is 52.4 Å². The summed E-state index contributed by atoms with van der Waals surface area (Å²) in [5.41, 5.74) is 0. The summed E-state index contributed by atoms with van der Waals surface area (Å²) < 4.78 is 0. The Morgan fingerprint density at radius 3 is 2.42 bits per heavy atom. The van der Waals surface area contributed by atoms with Crippen LogP contribution in [0.25, 0.3) is 0 Å². The normalized spacial score (nSPS) is 24.8. The summed E-state index contributed by atoms with van der Waals surface area (Å²) >= 11 is 0. The predicted molar refractivity (Wildman–Crippen MR) is 78.0 cm³/mol. The monoisotopic (exact) mass is 270 g/mol. The maximum Gasteiger partial charge on any atom is 0.314 e. The van der Waals surface area contributed by atoms with E-state index in [9.17, 15) is 4.79 Å². The molecule has 0 radical (unpaired) electrons. The van der Waals surface area contributed by atoms with Gasteiger partial charge in [-0.05, 0) is 37.0 Å². The van der Waals surface area contributed by atoms with E-state index < -0.39 is 0 Å². The van der Waals surface area contributed by atoms with Crippen molar-refractivity contribution < 1.29 is 9.90 Å². The minimum atomic E-state index is -0.0672. The lowest BCUT2D eigenvalue weighted by Gasteiger charge is -2.27. The van der Waals surface area contributed by atoms with Gasteiger partial charge in [0.2, 0.25) is 0 Å². The Kier molecular flexibility index (Phi) is 7.87. The average molecular weight is 270 g/mol. The standard InChI is InChI=1S/C15H30N2O2/c1-3-13-4-6-14(7-5-13)11-17-15(19)16-10-12(2)8-9-18/h12-14,18H,3-11H2,1-2H3,(H2,16,17,19). The first-order valence-corrected chi connectivity index (χ1v) is 7.78. The second-order valence-electron chi connectivity index (χ2n) is 6.00. The molecule has 0 aromatic rings. The number of urea groups is 1. The van der Waals surface area contributed by atoms with Crippen LogP contribution in [0, 0.1) is 17.8 Å². The summed E-state index contributed by atoms with van der Waals surface area (Å²) in [6.07, 6.45) is 7.17. The molecule has 0 spiro atoms. The van der Waals surface area contributed by atoms with Crippen molar-refractivity contribution in [1.82, 2.24) is 10.6 Å². The van der Waals surface area contributed by atoms with Gasteiger partial charge < -0.3 is 15.7 Å². The van der Waals surface area contributed by atoms with E-state index in [-0.39, 0.29) is 12.6 Å². The third kappa shape index (κ3) is 6.81. The van der Waals surface area contributed by atoms with Crippen LogP contribution in [0.3, 0.4) is 0 Å². The van der Waals surface area contributed by atoms with Gasteiger partial charge in [-0.25, -0.2) is 4.79 Å². The van der Waals surface area contributed by atoms with Gasteiger partial charge in [0, 0.05) is 19.7 Å². The molecule has 1 fully saturated rings. The Bertz CT molecular complexity index is 251. The van der Waals surface area contributed by atoms with Gasteiger partial charge in [0.15, 0.2) is 0 Å². The largest absolute Gasteiger partial charge is 0.396 e. The Morgan fingerprint density at radius 2 is 1.84 bits per heavy atom. The van der Waals surface area contributed by atoms with Crippen molar-refractivity contribution >= 4 is 6.03 Å². The SMILES string of the molecule is CCC1CCC(CNC(=O)NCC(C)CCO)CC1. The van der Waals surface area contributed by atoms with E-state index in [1.807, 2.05) is 6.92 Å². The predicted octanol–water partition coefficient (Wildman–Crippen LogP) is 2.52. The Labute approximate surface area is 117 Å². The number of amides is 2. The van der Waals surface area contributed by atoms with Gasteiger partial charge in [0.1, 0.15) is 0 Å². The summed E-state index contributed by atoms with van der Waals surface area (Å²) in [7, 11) is 0. The van der Waals surface area contributed by atoms with Gasteiger partial charge in [-0.3, -0.25) is 0 Å². The van der Waals surface area contributed by atoms with Crippen molar-refractivity contribution in [3.05, 3.63) is 0 Å².